The number of benzene rings is 1. The lowest BCUT2D eigenvalue weighted by Crippen LogP contribution is -2.10. The Bertz CT molecular complexity index is 524. The normalized spacial score (nSPS) is 11.5. The van der Waals surface area contributed by atoms with Crippen LogP contribution in [0, 0.1) is 13.8 Å². The van der Waals surface area contributed by atoms with Crippen molar-refractivity contribution in [1.29, 1.82) is 0 Å². The molecule has 0 N–H and O–H groups in total. The van der Waals surface area contributed by atoms with Gasteiger partial charge in [-0.15, -0.1) is 0 Å². The second kappa shape index (κ2) is 6.85. The summed E-state index contributed by atoms with van der Waals surface area (Å²) in [5.74, 6) is 0.370. The summed E-state index contributed by atoms with van der Waals surface area (Å²) in [6.45, 7) is 5.47. The molecule has 1 aromatic rings. The molecule has 4 heteroatoms. The van der Waals surface area contributed by atoms with E-state index in [1.165, 1.54) is 6.92 Å². The molecule has 19 heavy (non-hydrogen) atoms. The Kier molecular flexibility index (Phi) is 5.73. The summed E-state index contributed by atoms with van der Waals surface area (Å²) < 4.78 is 24.0. The van der Waals surface area contributed by atoms with Crippen molar-refractivity contribution < 1.29 is 13.2 Å². The Morgan fingerprint density at radius 1 is 1.05 bits per heavy atom. The van der Waals surface area contributed by atoms with E-state index in [0.717, 1.165) is 16.7 Å². The monoisotopic (exact) mass is 282 g/mol. The Morgan fingerprint density at radius 2 is 1.63 bits per heavy atom. The number of aryl methyl sites for hydroxylation is 2. The van der Waals surface area contributed by atoms with Crippen molar-refractivity contribution in [3.63, 3.8) is 0 Å². The number of sulfone groups is 1. The minimum atomic E-state index is -3.08. The first-order valence-electron chi connectivity index (χ1n) is 6.55. The molecule has 1 aromatic carbocycles. The first kappa shape index (κ1) is 15.9. The third-order valence-corrected chi connectivity index (χ3v) is 4.59. The Morgan fingerprint density at radius 3 is 2.16 bits per heavy atom. The third kappa shape index (κ3) is 6.53. The van der Waals surface area contributed by atoms with E-state index in [1.54, 1.807) is 0 Å². The van der Waals surface area contributed by atoms with Gasteiger partial charge in [0.2, 0.25) is 0 Å². The first-order chi connectivity index (χ1) is 8.78. The lowest BCUT2D eigenvalue weighted by Gasteiger charge is -2.06. The van der Waals surface area contributed by atoms with Crippen LogP contribution in [0.1, 0.15) is 42.9 Å². The number of Topliss-reactive ketones (excluding diaryl/α,β-unsaturated/α-hetero) is 1. The van der Waals surface area contributed by atoms with Crippen LogP contribution in [0.5, 0.6) is 0 Å². The molecule has 0 saturated heterocycles. The molecular formula is C15H22O3S. The molecule has 3 nitrogen and oxygen atoms in total. The number of unbranched alkanes of at least 4 members (excludes halogenated alkanes) is 1. The summed E-state index contributed by atoms with van der Waals surface area (Å²) in [6, 6.07) is 5.86. The average molecular weight is 282 g/mol. The molecule has 0 amide bonds. The van der Waals surface area contributed by atoms with Gasteiger partial charge in [0.25, 0.3) is 0 Å². The van der Waals surface area contributed by atoms with Gasteiger partial charge in [0.1, 0.15) is 5.78 Å². The summed E-state index contributed by atoms with van der Waals surface area (Å²) in [4.78, 5) is 10.8. The van der Waals surface area contributed by atoms with Gasteiger partial charge >= 0.3 is 0 Å². The quantitative estimate of drug-likeness (QED) is 0.722. The van der Waals surface area contributed by atoms with Crippen molar-refractivity contribution in [2.75, 3.05) is 5.75 Å². The zero-order valence-corrected chi connectivity index (χ0v) is 12.7. The predicted molar refractivity (Wildman–Crippen MR) is 77.9 cm³/mol. The molecule has 0 radical (unpaired) electrons. The molecule has 0 aliphatic heterocycles. The molecule has 1 rings (SSSR count). The Labute approximate surface area is 116 Å². The molecule has 0 unspecified atom stereocenters. The summed E-state index contributed by atoms with van der Waals surface area (Å²) in [5, 5.41) is 0. The molecule has 0 saturated carbocycles. The van der Waals surface area contributed by atoms with Crippen LogP contribution in [0.2, 0.25) is 0 Å². The van der Waals surface area contributed by atoms with Crippen molar-refractivity contribution in [2.24, 2.45) is 0 Å². The van der Waals surface area contributed by atoms with Gasteiger partial charge in [-0.25, -0.2) is 8.42 Å². The fourth-order valence-corrected chi connectivity index (χ4v) is 3.64. The molecule has 0 atom stereocenters. The molecule has 0 heterocycles. The predicted octanol–water partition coefficient (Wildman–Crippen LogP) is 2.98. The molecular weight excluding hydrogens is 260 g/mol. The highest BCUT2D eigenvalue weighted by atomic mass is 32.2. The van der Waals surface area contributed by atoms with E-state index in [-0.39, 0.29) is 17.3 Å². The summed E-state index contributed by atoms with van der Waals surface area (Å²) in [6.07, 6.45) is 1.69. The number of carbonyl (C=O) groups is 1. The van der Waals surface area contributed by atoms with Crippen molar-refractivity contribution in [1.82, 2.24) is 0 Å². The third-order valence-electron chi connectivity index (χ3n) is 2.90. The van der Waals surface area contributed by atoms with Crippen LogP contribution in [0.25, 0.3) is 0 Å². The van der Waals surface area contributed by atoms with Crippen LogP contribution in [-0.4, -0.2) is 20.0 Å². The van der Waals surface area contributed by atoms with E-state index in [4.69, 9.17) is 0 Å². The second-order valence-corrected chi connectivity index (χ2v) is 7.43. The second-order valence-electron chi connectivity index (χ2n) is 5.25. The fourth-order valence-electron chi connectivity index (χ4n) is 2.17. The number of carbonyl (C=O) groups excluding carboxylic acids is 1. The standard InChI is InChI=1S/C15H22O3S/c1-12-8-13(2)10-15(9-12)11-19(17,18)7-5-4-6-14(3)16/h8-10H,4-7,11H2,1-3H3. The van der Waals surface area contributed by atoms with Crippen LogP contribution in [0.4, 0.5) is 0 Å². The van der Waals surface area contributed by atoms with Crippen LogP contribution < -0.4 is 0 Å². The maximum atomic E-state index is 12.0. The SMILES string of the molecule is CC(=O)CCCCS(=O)(=O)Cc1cc(C)cc(C)c1. The summed E-state index contributed by atoms with van der Waals surface area (Å²) >= 11 is 0. The van der Waals surface area contributed by atoms with Gasteiger partial charge in [0, 0.05) is 6.42 Å². The maximum Gasteiger partial charge on any atom is 0.154 e. The molecule has 0 bridgehead atoms. The minimum Gasteiger partial charge on any atom is -0.300 e. The van der Waals surface area contributed by atoms with Crippen LogP contribution >= 0.6 is 0 Å². The van der Waals surface area contributed by atoms with E-state index in [1.807, 2.05) is 32.0 Å². The van der Waals surface area contributed by atoms with Crippen molar-refractivity contribution >= 4 is 15.6 Å². The minimum absolute atomic E-state index is 0.0928. The van der Waals surface area contributed by atoms with E-state index in [0.29, 0.717) is 19.3 Å². The van der Waals surface area contributed by atoms with E-state index in [2.05, 4.69) is 0 Å². The molecule has 0 aliphatic rings. The molecule has 0 aromatic heterocycles. The first-order valence-corrected chi connectivity index (χ1v) is 8.38. The van der Waals surface area contributed by atoms with Crippen molar-refractivity contribution in [2.45, 2.75) is 45.8 Å². The molecule has 0 spiro atoms. The summed E-state index contributed by atoms with van der Waals surface area (Å²) in [7, 11) is -3.08. The van der Waals surface area contributed by atoms with E-state index in [9.17, 15) is 13.2 Å². The van der Waals surface area contributed by atoms with Gasteiger partial charge in [0.05, 0.1) is 11.5 Å². The van der Waals surface area contributed by atoms with Gasteiger partial charge in [-0.1, -0.05) is 29.3 Å². The van der Waals surface area contributed by atoms with E-state index >= 15 is 0 Å². The number of hydrogen-bond donors (Lipinski definition) is 0. The van der Waals surface area contributed by atoms with Gasteiger partial charge < -0.3 is 4.79 Å². The van der Waals surface area contributed by atoms with Crippen LogP contribution in [0.15, 0.2) is 18.2 Å². The Balaban J connectivity index is 2.56. The van der Waals surface area contributed by atoms with Crippen LogP contribution in [0.3, 0.4) is 0 Å². The van der Waals surface area contributed by atoms with Crippen molar-refractivity contribution in [3.05, 3.63) is 34.9 Å². The topological polar surface area (TPSA) is 51.2 Å². The zero-order chi connectivity index (χ0) is 14.5. The van der Waals surface area contributed by atoms with Crippen molar-refractivity contribution in [3.8, 4) is 0 Å². The number of rotatable bonds is 7. The lowest BCUT2D eigenvalue weighted by molar-refractivity contribution is -0.117. The van der Waals surface area contributed by atoms with Crippen LogP contribution in [-0.2, 0) is 20.4 Å². The van der Waals surface area contributed by atoms with Gasteiger partial charge in [0.15, 0.2) is 9.84 Å². The lowest BCUT2D eigenvalue weighted by atomic mass is 10.1. The maximum absolute atomic E-state index is 12.0. The van der Waals surface area contributed by atoms with Gasteiger partial charge in [-0.3, -0.25) is 0 Å². The highest BCUT2D eigenvalue weighted by molar-refractivity contribution is 7.90. The average Bonchev–Trinajstić information content (AvgIpc) is 2.22. The largest absolute Gasteiger partial charge is 0.300 e. The highest BCUT2D eigenvalue weighted by Gasteiger charge is 2.12. The van der Waals surface area contributed by atoms with Gasteiger partial charge in [-0.2, -0.15) is 0 Å². The fraction of sp³-hybridized carbons (Fsp3) is 0.533. The Hall–Kier alpha value is -1.16. The van der Waals surface area contributed by atoms with E-state index < -0.39 is 9.84 Å². The summed E-state index contributed by atoms with van der Waals surface area (Å²) in [5.41, 5.74) is 3.02. The number of ketones is 1. The molecule has 0 fully saturated rings. The highest BCUT2D eigenvalue weighted by Crippen LogP contribution is 2.13. The molecule has 106 valence electrons. The smallest absolute Gasteiger partial charge is 0.154 e. The zero-order valence-electron chi connectivity index (χ0n) is 11.9. The van der Waals surface area contributed by atoms with Gasteiger partial charge in [-0.05, 0) is 39.2 Å². The number of hydrogen-bond acceptors (Lipinski definition) is 3. The molecule has 0 aliphatic carbocycles.